The van der Waals surface area contributed by atoms with Gasteiger partial charge >= 0.3 is 0 Å². The normalized spacial score (nSPS) is 10.2. The predicted molar refractivity (Wildman–Crippen MR) is 95.1 cm³/mol. The number of halogens is 1. The lowest BCUT2D eigenvalue weighted by Gasteiger charge is -2.22. The Balaban J connectivity index is 2.24. The molecule has 0 aliphatic heterocycles. The van der Waals surface area contributed by atoms with Crippen LogP contribution in [0.3, 0.4) is 0 Å². The second-order valence-electron chi connectivity index (χ2n) is 4.71. The summed E-state index contributed by atoms with van der Waals surface area (Å²) in [5, 5.41) is 0. The summed E-state index contributed by atoms with van der Waals surface area (Å²) in [5.41, 5.74) is 8.87. The Morgan fingerprint density at radius 3 is 2.62 bits per heavy atom. The third-order valence-corrected chi connectivity index (χ3v) is 4.06. The molecule has 0 aromatic heterocycles. The Bertz CT molecular complexity index is 660. The quantitative estimate of drug-likeness (QED) is 0.820. The van der Waals surface area contributed by atoms with Gasteiger partial charge in [-0.1, -0.05) is 30.4 Å². The minimum absolute atomic E-state index is 0.411. The van der Waals surface area contributed by atoms with Crippen LogP contribution < -0.4 is 15.4 Å². The maximum atomic E-state index is 5.79. The number of ether oxygens (including phenoxy) is 1. The van der Waals surface area contributed by atoms with Crippen molar-refractivity contribution in [2.24, 2.45) is 5.73 Å². The number of nitrogens with zero attached hydrogens (tertiary/aromatic N) is 1. The maximum Gasteiger partial charge on any atom is 0.133 e. The van der Waals surface area contributed by atoms with Gasteiger partial charge in [0.05, 0.1) is 11.6 Å². The Hall–Kier alpha value is -1.59. The van der Waals surface area contributed by atoms with Gasteiger partial charge < -0.3 is 15.4 Å². The molecular weight excluding hydrogens is 348 g/mol. The molecule has 0 heterocycles. The Morgan fingerprint density at radius 1 is 1.29 bits per heavy atom. The Morgan fingerprint density at radius 2 is 2.00 bits per heavy atom. The van der Waals surface area contributed by atoms with Gasteiger partial charge in [-0.05, 0) is 45.8 Å². The summed E-state index contributed by atoms with van der Waals surface area (Å²) < 4.78 is 6.19. The first-order valence-electron chi connectivity index (χ1n) is 6.45. The van der Waals surface area contributed by atoms with Crippen LogP contribution in [-0.2, 0) is 6.54 Å². The van der Waals surface area contributed by atoms with Gasteiger partial charge in [0.2, 0.25) is 0 Å². The highest BCUT2D eigenvalue weighted by molar-refractivity contribution is 9.10. The number of anilines is 1. The zero-order valence-corrected chi connectivity index (χ0v) is 14.4. The summed E-state index contributed by atoms with van der Waals surface area (Å²) >= 11 is 8.62. The monoisotopic (exact) mass is 364 g/mol. The largest absolute Gasteiger partial charge is 0.496 e. The van der Waals surface area contributed by atoms with Crippen molar-refractivity contribution in [3.63, 3.8) is 0 Å². The number of benzene rings is 2. The van der Waals surface area contributed by atoms with E-state index >= 15 is 0 Å². The first kappa shape index (κ1) is 15.8. The second-order valence-corrected chi connectivity index (χ2v) is 6.00. The van der Waals surface area contributed by atoms with Crippen molar-refractivity contribution >= 4 is 38.8 Å². The van der Waals surface area contributed by atoms with Crippen molar-refractivity contribution in [3.8, 4) is 5.75 Å². The number of rotatable bonds is 5. The van der Waals surface area contributed by atoms with Gasteiger partial charge in [0, 0.05) is 24.8 Å². The van der Waals surface area contributed by atoms with Crippen LogP contribution in [0.2, 0.25) is 0 Å². The molecule has 2 aromatic rings. The molecule has 0 radical (unpaired) electrons. The van der Waals surface area contributed by atoms with Crippen molar-refractivity contribution in [2.75, 3.05) is 19.1 Å². The average Bonchev–Trinajstić information content (AvgIpc) is 2.47. The SMILES string of the molecule is COc1ccc(CN(C)c2ccccc2C(N)=S)cc1Br. The van der Waals surface area contributed by atoms with Crippen LogP contribution in [0.4, 0.5) is 5.69 Å². The van der Waals surface area contributed by atoms with E-state index < -0.39 is 0 Å². The van der Waals surface area contributed by atoms with Crippen molar-refractivity contribution in [2.45, 2.75) is 6.54 Å². The van der Waals surface area contributed by atoms with Gasteiger partial charge in [-0.3, -0.25) is 0 Å². The highest BCUT2D eigenvalue weighted by Crippen LogP contribution is 2.27. The number of hydrogen-bond acceptors (Lipinski definition) is 3. The average molecular weight is 365 g/mol. The smallest absolute Gasteiger partial charge is 0.133 e. The lowest BCUT2D eigenvalue weighted by molar-refractivity contribution is 0.412. The number of para-hydroxylation sites is 1. The second kappa shape index (κ2) is 6.91. The Kier molecular flexibility index (Phi) is 5.20. The highest BCUT2D eigenvalue weighted by atomic mass is 79.9. The van der Waals surface area contributed by atoms with Gasteiger partial charge in [-0.25, -0.2) is 0 Å². The lowest BCUT2D eigenvalue weighted by atomic mass is 10.1. The third-order valence-electron chi connectivity index (χ3n) is 3.22. The van der Waals surface area contributed by atoms with Crippen molar-refractivity contribution in [1.29, 1.82) is 0 Å². The molecule has 0 aliphatic rings. The van der Waals surface area contributed by atoms with Crippen molar-refractivity contribution in [3.05, 3.63) is 58.1 Å². The molecule has 0 atom stereocenters. The summed E-state index contributed by atoms with van der Waals surface area (Å²) in [6, 6.07) is 13.9. The fourth-order valence-corrected chi connectivity index (χ4v) is 2.94. The van der Waals surface area contributed by atoms with Crippen LogP contribution in [0, 0.1) is 0 Å². The van der Waals surface area contributed by atoms with Crippen molar-refractivity contribution in [1.82, 2.24) is 0 Å². The molecule has 0 saturated carbocycles. The zero-order valence-electron chi connectivity index (χ0n) is 12.0. The summed E-state index contributed by atoms with van der Waals surface area (Å²) in [7, 11) is 3.68. The third kappa shape index (κ3) is 3.74. The zero-order chi connectivity index (χ0) is 15.4. The molecule has 0 amide bonds. The predicted octanol–water partition coefficient (Wildman–Crippen LogP) is 3.73. The molecule has 0 bridgehead atoms. The van der Waals surface area contributed by atoms with E-state index in [9.17, 15) is 0 Å². The van der Waals surface area contributed by atoms with Crippen LogP contribution >= 0.6 is 28.1 Å². The summed E-state index contributed by atoms with van der Waals surface area (Å²) in [6.07, 6.45) is 0. The van der Waals surface area contributed by atoms with Gasteiger partial charge in [-0.15, -0.1) is 0 Å². The molecule has 3 nitrogen and oxygen atoms in total. The molecule has 0 unspecified atom stereocenters. The van der Waals surface area contributed by atoms with Gasteiger partial charge in [0.15, 0.2) is 0 Å². The molecule has 110 valence electrons. The summed E-state index contributed by atoms with van der Waals surface area (Å²) in [5.74, 6) is 0.824. The van der Waals surface area contributed by atoms with E-state index in [1.807, 2.05) is 43.4 Å². The van der Waals surface area contributed by atoms with Crippen LogP contribution in [-0.4, -0.2) is 19.1 Å². The van der Waals surface area contributed by atoms with Gasteiger partial charge in [0.1, 0.15) is 10.7 Å². The van der Waals surface area contributed by atoms with Gasteiger partial charge in [0.25, 0.3) is 0 Å². The van der Waals surface area contributed by atoms with E-state index in [0.29, 0.717) is 4.99 Å². The topological polar surface area (TPSA) is 38.5 Å². The summed E-state index contributed by atoms with van der Waals surface area (Å²) in [4.78, 5) is 2.54. The standard InChI is InChI=1S/C16H17BrN2OS/c1-19(14-6-4-3-5-12(14)16(18)21)10-11-7-8-15(20-2)13(17)9-11/h3-9H,10H2,1-2H3,(H2,18,21). The van der Waals surface area contributed by atoms with E-state index in [-0.39, 0.29) is 0 Å². The molecule has 0 saturated heterocycles. The van der Waals surface area contributed by atoms with Crippen LogP contribution in [0.5, 0.6) is 5.75 Å². The minimum Gasteiger partial charge on any atom is -0.496 e. The van der Waals surface area contributed by atoms with E-state index in [2.05, 4.69) is 26.9 Å². The molecule has 0 spiro atoms. The molecular formula is C16H17BrN2OS. The van der Waals surface area contributed by atoms with E-state index in [0.717, 1.165) is 28.0 Å². The first-order valence-corrected chi connectivity index (χ1v) is 7.65. The van der Waals surface area contributed by atoms with E-state index in [4.69, 9.17) is 22.7 Å². The molecule has 2 aromatic carbocycles. The number of thiocarbonyl (C=S) groups is 1. The summed E-state index contributed by atoms with van der Waals surface area (Å²) in [6.45, 7) is 0.752. The molecule has 5 heteroatoms. The maximum absolute atomic E-state index is 5.79. The number of methoxy groups -OCH3 is 1. The molecule has 0 fully saturated rings. The molecule has 2 rings (SSSR count). The molecule has 21 heavy (non-hydrogen) atoms. The number of nitrogens with two attached hydrogens (primary N) is 1. The van der Waals surface area contributed by atoms with Crippen LogP contribution in [0.25, 0.3) is 0 Å². The Labute approximate surface area is 138 Å². The first-order chi connectivity index (χ1) is 10.0. The van der Waals surface area contributed by atoms with Crippen LogP contribution in [0.15, 0.2) is 46.9 Å². The highest BCUT2D eigenvalue weighted by Gasteiger charge is 2.10. The fourth-order valence-electron chi connectivity index (χ4n) is 2.18. The van der Waals surface area contributed by atoms with Crippen LogP contribution in [0.1, 0.15) is 11.1 Å². The van der Waals surface area contributed by atoms with E-state index in [1.165, 1.54) is 5.56 Å². The minimum atomic E-state index is 0.411. The lowest BCUT2D eigenvalue weighted by Crippen LogP contribution is -2.21. The van der Waals surface area contributed by atoms with Gasteiger partial charge in [-0.2, -0.15) is 0 Å². The number of hydrogen-bond donors (Lipinski definition) is 1. The fraction of sp³-hybridized carbons (Fsp3) is 0.188. The van der Waals surface area contributed by atoms with Crippen molar-refractivity contribution < 1.29 is 4.74 Å². The molecule has 2 N–H and O–H groups in total. The molecule has 0 aliphatic carbocycles. The van der Waals surface area contributed by atoms with E-state index in [1.54, 1.807) is 7.11 Å².